The van der Waals surface area contributed by atoms with Gasteiger partial charge in [0.2, 0.25) is 0 Å². The van der Waals surface area contributed by atoms with Gasteiger partial charge in [-0.05, 0) is 24.6 Å². The fraction of sp³-hybridized carbons (Fsp3) is 0.385. The largest absolute Gasteiger partial charge is 0.479 e. The van der Waals surface area contributed by atoms with E-state index in [1.165, 1.54) is 18.2 Å². The van der Waals surface area contributed by atoms with Crippen molar-refractivity contribution >= 4 is 23.2 Å². The number of hydrogen-bond donors (Lipinski definition) is 1. The summed E-state index contributed by atoms with van der Waals surface area (Å²) in [5.74, 6) is -1.18. The van der Waals surface area contributed by atoms with Gasteiger partial charge in [0.15, 0.2) is 18.2 Å². The average Bonchev–Trinajstić information content (AvgIpc) is 2.37. The van der Waals surface area contributed by atoms with Crippen LogP contribution in [0.2, 0.25) is 0 Å². The van der Waals surface area contributed by atoms with Crippen LogP contribution in [0, 0.1) is 5.82 Å². The molecule has 0 atom stereocenters. The van der Waals surface area contributed by atoms with E-state index in [1.54, 1.807) is 0 Å². The van der Waals surface area contributed by atoms with Gasteiger partial charge in [-0.3, -0.25) is 0 Å². The van der Waals surface area contributed by atoms with E-state index in [2.05, 4.69) is 0 Å². The van der Waals surface area contributed by atoms with Gasteiger partial charge in [0.05, 0.1) is 6.61 Å². The molecule has 6 heteroatoms. The van der Waals surface area contributed by atoms with Crippen molar-refractivity contribution < 1.29 is 18.7 Å². The Morgan fingerprint density at radius 2 is 2.21 bits per heavy atom. The molecular weight excluding hydrogens is 269 g/mol. The van der Waals surface area contributed by atoms with Gasteiger partial charge in [0, 0.05) is 5.56 Å². The molecule has 0 aliphatic rings. The third kappa shape index (κ3) is 5.21. The maximum absolute atomic E-state index is 13.6. The van der Waals surface area contributed by atoms with Gasteiger partial charge >= 0.3 is 5.97 Å². The summed E-state index contributed by atoms with van der Waals surface area (Å²) in [6.07, 6.45) is 1.73. The van der Waals surface area contributed by atoms with Crippen molar-refractivity contribution in [2.24, 2.45) is 5.73 Å². The maximum atomic E-state index is 13.6. The van der Waals surface area contributed by atoms with E-state index in [-0.39, 0.29) is 17.3 Å². The lowest BCUT2D eigenvalue weighted by Crippen LogP contribution is -2.16. The molecule has 0 aliphatic heterocycles. The smallest absolute Gasteiger partial charge is 0.344 e. The minimum Gasteiger partial charge on any atom is -0.479 e. The van der Waals surface area contributed by atoms with Crippen LogP contribution in [0.3, 0.4) is 0 Å². The molecule has 0 unspecified atom stereocenters. The molecule has 4 nitrogen and oxygen atoms in total. The van der Waals surface area contributed by atoms with E-state index in [0.29, 0.717) is 12.2 Å². The lowest BCUT2D eigenvalue weighted by Gasteiger charge is -2.08. The summed E-state index contributed by atoms with van der Waals surface area (Å²) in [6, 6.07) is 4.08. The third-order valence-electron chi connectivity index (χ3n) is 2.32. The lowest BCUT2D eigenvalue weighted by atomic mass is 10.2. The van der Waals surface area contributed by atoms with Gasteiger partial charge in [-0.25, -0.2) is 9.18 Å². The highest BCUT2D eigenvalue weighted by Crippen LogP contribution is 2.18. The van der Waals surface area contributed by atoms with E-state index in [9.17, 15) is 9.18 Å². The van der Waals surface area contributed by atoms with E-state index < -0.39 is 11.8 Å². The zero-order valence-corrected chi connectivity index (χ0v) is 11.5. The normalized spacial score (nSPS) is 10.0. The fourth-order valence-electron chi connectivity index (χ4n) is 1.28. The summed E-state index contributed by atoms with van der Waals surface area (Å²) in [6.45, 7) is 2.01. The molecule has 0 aliphatic carbocycles. The Labute approximate surface area is 116 Å². The summed E-state index contributed by atoms with van der Waals surface area (Å²) in [7, 11) is 0. The number of benzene rings is 1. The summed E-state index contributed by atoms with van der Waals surface area (Å²) >= 11 is 4.73. The minimum atomic E-state index is -0.619. The van der Waals surface area contributed by atoms with Crippen LogP contribution in [0.1, 0.15) is 25.3 Å². The predicted molar refractivity (Wildman–Crippen MR) is 73.6 cm³/mol. The van der Waals surface area contributed by atoms with Crippen LogP contribution in [0.5, 0.6) is 5.75 Å². The monoisotopic (exact) mass is 285 g/mol. The molecule has 0 heterocycles. The number of rotatable bonds is 7. The van der Waals surface area contributed by atoms with Gasteiger partial charge < -0.3 is 15.2 Å². The number of unbranched alkanes of at least 4 members (excludes halogenated alkanes) is 1. The molecule has 0 aromatic heterocycles. The quantitative estimate of drug-likeness (QED) is 0.472. The lowest BCUT2D eigenvalue weighted by molar-refractivity contribution is -0.146. The van der Waals surface area contributed by atoms with Crippen molar-refractivity contribution in [1.29, 1.82) is 0 Å². The molecule has 0 spiro atoms. The number of ether oxygens (including phenoxy) is 2. The summed E-state index contributed by atoms with van der Waals surface area (Å²) in [5.41, 5.74) is 5.78. The zero-order valence-electron chi connectivity index (χ0n) is 10.6. The average molecular weight is 285 g/mol. The molecule has 0 fully saturated rings. The van der Waals surface area contributed by atoms with Gasteiger partial charge in [-0.15, -0.1) is 0 Å². The van der Waals surface area contributed by atoms with Gasteiger partial charge in [0.25, 0.3) is 0 Å². The summed E-state index contributed by atoms with van der Waals surface area (Å²) < 4.78 is 23.5. The topological polar surface area (TPSA) is 61.5 Å². The Hall–Kier alpha value is -1.69. The number of hydrogen-bond acceptors (Lipinski definition) is 4. The van der Waals surface area contributed by atoms with Crippen LogP contribution < -0.4 is 10.5 Å². The molecule has 1 aromatic rings. The van der Waals surface area contributed by atoms with Crippen molar-refractivity contribution in [3.63, 3.8) is 0 Å². The van der Waals surface area contributed by atoms with E-state index in [1.807, 2.05) is 6.92 Å². The number of carbonyl (C=O) groups is 1. The molecule has 2 N–H and O–H groups in total. The molecule has 1 rings (SSSR count). The van der Waals surface area contributed by atoms with E-state index in [4.69, 9.17) is 27.4 Å². The van der Waals surface area contributed by atoms with Crippen molar-refractivity contribution in [1.82, 2.24) is 0 Å². The summed E-state index contributed by atoms with van der Waals surface area (Å²) in [5, 5.41) is 0. The van der Waals surface area contributed by atoms with Crippen LogP contribution >= 0.6 is 12.2 Å². The first-order valence-electron chi connectivity index (χ1n) is 5.92. The highest BCUT2D eigenvalue weighted by Gasteiger charge is 2.09. The molecule has 0 saturated carbocycles. The number of esters is 1. The van der Waals surface area contributed by atoms with Gasteiger partial charge in [0.1, 0.15) is 4.99 Å². The molecule has 0 amide bonds. The highest BCUT2D eigenvalue weighted by molar-refractivity contribution is 7.80. The van der Waals surface area contributed by atoms with Crippen molar-refractivity contribution in [3.8, 4) is 5.75 Å². The van der Waals surface area contributed by atoms with Crippen LogP contribution in [0.15, 0.2) is 18.2 Å². The highest BCUT2D eigenvalue weighted by atomic mass is 32.1. The number of halogens is 1. The minimum absolute atomic E-state index is 0.0348. The Morgan fingerprint density at radius 1 is 1.47 bits per heavy atom. The second-order valence-electron chi connectivity index (χ2n) is 3.87. The Morgan fingerprint density at radius 3 is 2.79 bits per heavy atom. The second-order valence-corrected chi connectivity index (χ2v) is 4.31. The van der Waals surface area contributed by atoms with Crippen molar-refractivity contribution in [2.45, 2.75) is 19.8 Å². The Bertz CT molecular complexity index is 465. The van der Waals surface area contributed by atoms with Crippen LogP contribution in [0.4, 0.5) is 4.39 Å². The van der Waals surface area contributed by atoms with Crippen LogP contribution in [-0.2, 0) is 9.53 Å². The molecule has 104 valence electrons. The third-order valence-corrected chi connectivity index (χ3v) is 2.56. The van der Waals surface area contributed by atoms with Crippen molar-refractivity contribution in [2.75, 3.05) is 13.2 Å². The SMILES string of the molecule is CCCCOC(=O)COc1ccc(C(N)=S)cc1F. The van der Waals surface area contributed by atoms with Crippen LogP contribution in [-0.4, -0.2) is 24.2 Å². The molecule has 0 saturated heterocycles. The van der Waals surface area contributed by atoms with Gasteiger partial charge in [-0.1, -0.05) is 25.6 Å². The fourth-order valence-corrected chi connectivity index (χ4v) is 1.41. The van der Waals surface area contributed by atoms with Gasteiger partial charge in [-0.2, -0.15) is 0 Å². The Balaban J connectivity index is 2.49. The molecular formula is C13H16FNO3S. The summed E-state index contributed by atoms with van der Waals surface area (Å²) in [4.78, 5) is 11.4. The number of thiocarbonyl (C=S) groups is 1. The van der Waals surface area contributed by atoms with E-state index >= 15 is 0 Å². The first-order valence-corrected chi connectivity index (χ1v) is 6.33. The first-order chi connectivity index (χ1) is 9.04. The number of nitrogens with two attached hydrogens (primary N) is 1. The maximum Gasteiger partial charge on any atom is 0.344 e. The zero-order chi connectivity index (χ0) is 14.3. The van der Waals surface area contributed by atoms with E-state index in [0.717, 1.165) is 12.8 Å². The Kier molecular flexibility index (Phi) is 6.21. The predicted octanol–water partition coefficient (Wildman–Crippen LogP) is 2.18. The van der Waals surface area contributed by atoms with Crippen molar-refractivity contribution in [3.05, 3.63) is 29.6 Å². The molecule has 19 heavy (non-hydrogen) atoms. The molecule has 0 radical (unpaired) electrons. The first kappa shape index (κ1) is 15.4. The van der Waals surface area contributed by atoms with Crippen LogP contribution in [0.25, 0.3) is 0 Å². The second kappa shape index (κ2) is 7.68. The standard InChI is InChI=1S/C13H16FNO3S/c1-2-3-6-17-12(16)8-18-11-5-4-9(13(15)19)7-10(11)14/h4-5,7H,2-3,6,8H2,1H3,(H2,15,19). The molecule has 0 bridgehead atoms. The number of carbonyl (C=O) groups excluding carboxylic acids is 1. The molecule has 1 aromatic carbocycles.